The number of rotatable bonds is 3. The quantitative estimate of drug-likeness (QED) is 0.818. The fraction of sp³-hybridized carbons (Fsp3) is 0.619. The lowest BCUT2D eigenvalue weighted by Gasteiger charge is -2.31. The summed E-state index contributed by atoms with van der Waals surface area (Å²) >= 11 is 0. The molecule has 2 heterocycles. The monoisotopic (exact) mass is 372 g/mol. The third kappa shape index (κ3) is 3.75. The molecule has 6 heteroatoms. The van der Waals surface area contributed by atoms with Gasteiger partial charge in [0, 0.05) is 37.2 Å². The van der Waals surface area contributed by atoms with Crippen LogP contribution in [0.5, 0.6) is 11.5 Å². The average Bonchev–Trinajstić information content (AvgIpc) is 2.96. The molecule has 1 aromatic rings. The van der Waals surface area contributed by atoms with Crippen molar-refractivity contribution in [2.45, 2.75) is 51.1 Å². The lowest BCUT2D eigenvalue weighted by Crippen LogP contribution is -2.41. The number of hydrogen-bond acceptors (Lipinski definition) is 4. The maximum absolute atomic E-state index is 13.1. The molecule has 2 fully saturated rings. The van der Waals surface area contributed by atoms with Crippen LogP contribution in [0.25, 0.3) is 0 Å². The predicted molar refractivity (Wildman–Crippen MR) is 101 cm³/mol. The highest BCUT2D eigenvalue weighted by Crippen LogP contribution is 2.32. The molecule has 1 aromatic carbocycles. The van der Waals surface area contributed by atoms with Crippen LogP contribution in [-0.2, 0) is 16.1 Å². The summed E-state index contributed by atoms with van der Waals surface area (Å²) in [6.07, 6.45) is 6.16. The Hall–Kier alpha value is -2.24. The van der Waals surface area contributed by atoms with Crippen molar-refractivity contribution < 1.29 is 19.1 Å². The molecule has 6 nitrogen and oxygen atoms in total. The van der Waals surface area contributed by atoms with Gasteiger partial charge in [-0.25, -0.2) is 0 Å². The Bertz CT molecular complexity index is 714. The van der Waals surface area contributed by atoms with E-state index in [2.05, 4.69) is 0 Å². The summed E-state index contributed by atoms with van der Waals surface area (Å²) in [6, 6.07) is 6.05. The Balaban J connectivity index is 1.43. The minimum atomic E-state index is -0.223. The molecule has 2 amide bonds. The van der Waals surface area contributed by atoms with E-state index in [9.17, 15) is 9.59 Å². The summed E-state index contributed by atoms with van der Waals surface area (Å²) in [6.45, 7) is 2.10. The molecule has 4 rings (SSSR count). The van der Waals surface area contributed by atoms with E-state index in [1.165, 1.54) is 19.3 Å². The zero-order valence-corrected chi connectivity index (χ0v) is 16.0. The molecule has 1 unspecified atom stereocenters. The van der Waals surface area contributed by atoms with E-state index in [1.807, 2.05) is 28.0 Å². The number of ether oxygens (including phenoxy) is 2. The molecular formula is C21H28N2O4. The summed E-state index contributed by atoms with van der Waals surface area (Å²) in [5.74, 6) is 1.53. The van der Waals surface area contributed by atoms with Gasteiger partial charge in [0.2, 0.25) is 11.8 Å². The highest BCUT2D eigenvalue weighted by molar-refractivity contribution is 5.89. The van der Waals surface area contributed by atoms with Crippen LogP contribution in [0.4, 0.5) is 0 Å². The molecule has 3 aliphatic rings. The van der Waals surface area contributed by atoms with Gasteiger partial charge in [-0.3, -0.25) is 9.59 Å². The van der Waals surface area contributed by atoms with Gasteiger partial charge in [0.15, 0.2) is 0 Å². The maximum Gasteiger partial charge on any atom is 0.228 e. The number of likely N-dealkylation sites (tertiary alicyclic amines) is 1. The van der Waals surface area contributed by atoms with Crippen molar-refractivity contribution in [3.8, 4) is 11.5 Å². The third-order valence-corrected chi connectivity index (χ3v) is 6.09. The lowest BCUT2D eigenvalue weighted by atomic mass is 9.94. The first-order valence-electron chi connectivity index (χ1n) is 10.0. The first kappa shape index (κ1) is 18.1. The van der Waals surface area contributed by atoms with Gasteiger partial charge >= 0.3 is 0 Å². The van der Waals surface area contributed by atoms with Crippen LogP contribution in [0.3, 0.4) is 0 Å². The van der Waals surface area contributed by atoms with Crippen LogP contribution in [0, 0.1) is 5.92 Å². The van der Waals surface area contributed by atoms with Gasteiger partial charge in [-0.05, 0) is 25.0 Å². The fourth-order valence-corrected chi connectivity index (χ4v) is 4.57. The highest BCUT2D eigenvalue weighted by atomic mass is 16.5. The van der Waals surface area contributed by atoms with Crippen molar-refractivity contribution in [3.63, 3.8) is 0 Å². The lowest BCUT2D eigenvalue weighted by molar-refractivity contribution is -0.136. The summed E-state index contributed by atoms with van der Waals surface area (Å²) < 4.78 is 11.1. The van der Waals surface area contributed by atoms with Gasteiger partial charge < -0.3 is 19.3 Å². The first-order chi connectivity index (χ1) is 13.2. The summed E-state index contributed by atoms with van der Waals surface area (Å²) in [7, 11) is 1.63. The second kappa shape index (κ2) is 7.79. The average molecular weight is 372 g/mol. The SMILES string of the molecule is COc1ccc2c(c1)OCCN(C(=O)C1CC(=O)N(C3CCCCC3)C1)C2. The number of benzene rings is 1. The Morgan fingerprint density at radius 2 is 2.04 bits per heavy atom. The Morgan fingerprint density at radius 1 is 1.22 bits per heavy atom. The highest BCUT2D eigenvalue weighted by Gasteiger charge is 2.40. The topological polar surface area (TPSA) is 59.1 Å². The predicted octanol–water partition coefficient (Wildman–Crippen LogP) is 2.60. The molecule has 0 radical (unpaired) electrons. The van der Waals surface area contributed by atoms with Gasteiger partial charge in [-0.15, -0.1) is 0 Å². The van der Waals surface area contributed by atoms with Crippen molar-refractivity contribution in [1.29, 1.82) is 0 Å². The van der Waals surface area contributed by atoms with E-state index in [0.717, 1.165) is 29.9 Å². The van der Waals surface area contributed by atoms with E-state index in [0.29, 0.717) is 38.7 Å². The van der Waals surface area contributed by atoms with E-state index in [4.69, 9.17) is 9.47 Å². The first-order valence-corrected chi connectivity index (χ1v) is 10.0. The van der Waals surface area contributed by atoms with Crippen molar-refractivity contribution in [1.82, 2.24) is 9.80 Å². The number of amides is 2. The van der Waals surface area contributed by atoms with E-state index in [-0.39, 0.29) is 17.7 Å². The molecule has 0 spiro atoms. The van der Waals surface area contributed by atoms with E-state index < -0.39 is 0 Å². The van der Waals surface area contributed by atoms with Gasteiger partial charge in [0.1, 0.15) is 18.1 Å². The smallest absolute Gasteiger partial charge is 0.228 e. The molecule has 0 aromatic heterocycles. The summed E-state index contributed by atoms with van der Waals surface area (Å²) in [5.41, 5.74) is 0.982. The molecule has 1 aliphatic carbocycles. The summed E-state index contributed by atoms with van der Waals surface area (Å²) in [5, 5.41) is 0. The molecule has 1 atom stereocenters. The maximum atomic E-state index is 13.1. The minimum absolute atomic E-state index is 0.0777. The number of methoxy groups -OCH3 is 1. The Morgan fingerprint density at radius 3 is 2.81 bits per heavy atom. The largest absolute Gasteiger partial charge is 0.497 e. The van der Waals surface area contributed by atoms with Crippen LogP contribution < -0.4 is 9.47 Å². The standard InChI is InChI=1S/C21H28N2O4/c1-26-18-8-7-15-13-22(9-10-27-19(15)12-18)21(25)16-11-20(24)23(14-16)17-5-3-2-4-6-17/h7-8,12,16-17H,2-6,9-11,13-14H2,1H3. The zero-order chi connectivity index (χ0) is 18.8. The van der Waals surface area contributed by atoms with Crippen LogP contribution in [0.15, 0.2) is 18.2 Å². The second-order valence-corrected chi connectivity index (χ2v) is 7.82. The number of hydrogen-bond donors (Lipinski definition) is 0. The third-order valence-electron chi connectivity index (χ3n) is 6.09. The number of nitrogens with zero attached hydrogens (tertiary/aromatic N) is 2. The number of carbonyl (C=O) groups is 2. The number of carbonyl (C=O) groups excluding carboxylic acids is 2. The van der Waals surface area contributed by atoms with Gasteiger partial charge in [0.05, 0.1) is 19.6 Å². The van der Waals surface area contributed by atoms with Crippen molar-refractivity contribution >= 4 is 11.8 Å². The van der Waals surface area contributed by atoms with Crippen LogP contribution >= 0.6 is 0 Å². The van der Waals surface area contributed by atoms with E-state index >= 15 is 0 Å². The fourth-order valence-electron chi connectivity index (χ4n) is 4.57. The number of fused-ring (bicyclic) bond motifs is 1. The van der Waals surface area contributed by atoms with Gasteiger partial charge in [-0.1, -0.05) is 19.3 Å². The molecule has 1 saturated carbocycles. The Kier molecular flexibility index (Phi) is 5.23. The van der Waals surface area contributed by atoms with Crippen LogP contribution in [0.1, 0.15) is 44.1 Å². The molecule has 146 valence electrons. The normalized spacial score (nSPS) is 23.6. The van der Waals surface area contributed by atoms with Crippen molar-refractivity contribution in [3.05, 3.63) is 23.8 Å². The molecule has 1 saturated heterocycles. The summed E-state index contributed by atoms with van der Waals surface area (Å²) in [4.78, 5) is 29.5. The Labute approximate surface area is 160 Å². The second-order valence-electron chi connectivity index (χ2n) is 7.82. The molecule has 0 N–H and O–H groups in total. The zero-order valence-electron chi connectivity index (χ0n) is 16.0. The molecule has 27 heavy (non-hydrogen) atoms. The van der Waals surface area contributed by atoms with E-state index in [1.54, 1.807) is 7.11 Å². The van der Waals surface area contributed by atoms with Crippen LogP contribution in [-0.4, -0.2) is 54.5 Å². The minimum Gasteiger partial charge on any atom is -0.497 e. The van der Waals surface area contributed by atoms with Crippen molar-refractivity contribution in [2.24, 2.45) is 5.92 Å². The van der Waals surface area contributed by atoms with Crippen molar-refractivity contribution in [2.75, 3.05) is 26.8 Å². The van der Waals surface area contributed by atoms with Crippen LogP contribution in [0.2, 0.25) is 0 Å². The van der Waals surface area contributed by atoms with Gasteiger partial charge in [0.25, 0.3) is 0 Å². The molecule has 0 bridgehead atoms. The molecular weight excluding hydrogens is 344 g/mol. The molecule has 2 aliphatic heterocycles. The van der Waals surface area contributed by atoms with Gasteiger partial charge in [-0.2, -0.15) is 0 Å².